The predicted molar refractivity (Wildman–Crippen MR) is 115 cm³/mol. The van der Waals surface area contributed by atoms with Crippen molar-refractivity contribution in [1.29, 1.82) is 0 Å². The number of carbonyl (C=O) groups excluding carboxylic acids is 1. The van der Waals surface area contributed by atoms with Gasteiger partial charge in [0.1, 0.15) is 5.75 Å². The normalized spacial score (nSPS) is 20.1. The molecule has 2 aliphatic heterocycles. The van der Waals surface area contributed by atoms with Gasteiger partial charge in [0, 0.05) is 32.7 Å². The molecule has 1 aromatic rings. The molecule has 154 valence electrons. The highest BCUT2D eigenvalue weighted by Crippen LogP contribution is 2.13. The monoisotopic (exact) mass is 385 g/mol. The van der Waals surface area contributed by atoms with Gasteiger partial charge < -0.3 is 9.64 Å². The van der Waals surface area contributed by atoms with Crippen LogP contribution in [0.1, 0.15) is 37.7 Å². The van der Waals surface area contributed by atoms with Crippen LogP contribution >= 0.6 is 0 Å². The molecule has 5 heteroatoms. The average molecular weight is 386 g/mol. The Hall–Kier alpha value is -1.85. The molecule has 0 N–H and O–H groups in total. The number of amides is 1. The summed E-state index contributed by atoms with van der Waals surface area (Å²) in [6.07, 6.45) is 10.5. The predicted octanol–water partition coefficient (Wildman–Crippen LogP) is 3.12. The van der Waals surface area contributed by atoms with Crippen LogP contribution in [-0.2, 0) is 4.79 Å². The van der Waals surface area contributed by atoms with Crippen molar-refractivity contribution in [2.24, 2.45) is 0 Å². The van der Waals surface area contributed by atoms with E-state index in [0.717, 1.165) is 58.0 Å². The van der Waals surface area contributed by atoms with Gasteiger partial charge in [-0.2, -0.15) is 0 Å². The van der Waals surface area contributed by atoms with Gasteiger partial charge in [0.05, 0.1) is 13.7 Å². The number of benzene rings is 1. The van der Waals surface area contributed by atoms with Crippen LogP contribution in [0, 0.1) is 0 Å². The summed E-state index contributed by atoms with van der Waals surface area (Å²) in [6, 6.07) is 8.11. The molecule has 0 atom stereocenters. The third-order valence-electron chi connectivity index (χ3n) is 5.79. The Kier molecular flexibility index (Phi) is 8.37. The summed E-state index contributed by atoms with van der Waals surface area (Å²) in [5.41, 5.74) is 1.19. The third-order valence-corrected chi connectivity index (χ3v) is 5.79. The Labute approximate surface area is 169 Å². The van der Waals surface area contributed by atoms with Crippen LogP contribution in [-0.4, -0.2) is 80.1 Å². The van der Waals surface area contributed by atoms with Crippen molar-refractivity contribution in [2.75, 3.05) is 59.5 Å². The van der Waals surface area contributed by atoms with Crippen LogP contribution in [0.25, 0.3) is 6.08 Å². The molecule has 0 bridgehead atoms. The molecule has 5 nitrogen and oxygen atoms in total. The van der Waals surface area contributed by atoms with E-state index in [4.69, 9.17) is 4.74 Å². The fourth-order valence-electron chi connectivity index (χ4n) is 4.04. The van der Waals surface area contributed by atoms with Gasteiger partial charge in [0.25, 0.3) is 0 Å². The lowest BCUT2D eigenvalue weighted by Gasteiger charge is -2.25. The maximum Gasteiger partial charge on any atom is 0.236 e. The highest BCUT2D eigenvalue weighted by molar-refractivity contribution is 5.78. The summed E-state index contributed by atoms with van der Waals surface area (Å²) >= 11 is 0. The average Bonchev–Trinajstić information content (AvgIpc) is 3.11. The van der Waals surface area contributed by atoms with Crippen LogP contribution < -0.4 is 4.74 Å². The lowest BCUT2D eigenvalue weighted by Crippen LogP contribution is -2.42. The van der Waals surface area contributed by atoms with Gasteiger partial charge >= 0.3 is 0 Å². The Morgan fingerprint density at radius 2 is 1.61 bits per heavy atom. The van der Waals surface area contributed by atoms with Crippen molar-refractivity contribution >= 4 is 12.0 Å². The summed E-state index contributed by atoms with van der Waals surface area (Å²) in [5, 5.41) is 0. The first-order valence-corrected chi connectivity index (χ1v) is 10.8. The summed E-state index contributed by atoms with van der Waals surface area (Å²) in [6.45, 7) is 7.47. The summed E-state index contributed by atoms with van der Waals surface area (Å²) in [7, 11) is 1.69. The van der Waals surface area contributed by atoms with Crippen molar-refractivity contribution in [3.05, 3.63) is 35.9 Å². The molecule has 1 aromatic carbocycles. The number of methoxy groups -OCH3 is 1. The first-order chi connectivity index (χ1) is 13.7. The summed E-state index contributed by atoms with van der Waals surface area (Å²) in [5.74, 6) is 1.20. The molecule has 0 saturated carbocycles. The fraction of sp³-hybridized carbons (Fsp3) is 0.609. The molecule has 1 amide bonds. The Morgan fingerprint density at radius 1 is 0.893 bits per heavy atom. The maximum atomic E-state index is 12.7. The molecule has 0 spiro atoms. The zero-order chi connectivity index (χ0) is 19.6. The standard InChI is InChI=1S/C23H35N3O2/c1-28-22-11-9-21(10-12-22)8-6-15-24-16-7-17-26(19-18-24)23(27)20-25-13-4-2-3-5-14-25/h6,8-12H,2-5,7,13-20H2,1H3/b8-6+. The van der Waals surface area contributed by atoms with Gasteiger partial charge in [0.15, 0.2) is 0 Å². The lowest BCUT2D eigenvalue weighted by atomic mass is 10.2. The van der Waals surface area contributed by atoms with Crippen LogP contribution in [0.4, 0.5) is 0 Å². The van der Waals surface area contributed by atoms with E-state index in [-0.39, 0.29) is 0 Å². The molecule has 0 aliphatic carbocycles. The second-order valence-electron chi connectivity index (χ2n) is 7.90. The Balaban J connectivity index is 1.42. The molecule has 2 saturated heterocycles. The minimum atomic E-state index is 0.317. The van der Waals surface area contributed by atoms with Crippen LogP contribution in [0.3, 0.4) is 0 Å². The second-order valence-corrected chi connectivity index (χ2v) is 7.90. The van der Waals surface area contributed by atoms with Crippen molar-refractivity contribution < 1.29 is 9.53 Å². The zero-order valence-electron chi connectivity index (χ0n) is 17.3. The topological polar surface area (TPSA) is 36.0 Å². The number of hydrogen-bond acceptors (Lipinski definition) is 4. The van der Waals surface area contributed by atoms with Gasteiger partial charge in [-0.1, -0.05) is 37.1 Å². The van der Waals surface area contributed by atoms with Crippen molar-refractivity contribution in [3.63, 3.8) is 0 Å². The lowest BCUT2D eigenvalue weighted by molar-refractivity contribution is -0.132. The highest BCUT2D eigenvalue weighted by atomic mass is 16.5. The van der Waals surface area contributed by atoms with Gasteiger partial charge in [0.2, 0.25) is 5.91 Å². The number of rotatable bonds is 6. The van der Waals surface area contributed by atoms with E-state index in [1.165, 1.54) is 31.2 Å². The SMILES string of the molecule is COc1ccc(/C=C/CN2CCCN(C(=O)CN3CCCCCC3)CC2)cc1. The Morgan fingerprint density at radius 3 is 2.32 bits per heavy atom. The number of nitrogens with zero attached hydrogens (tertiary/aromatic N) is 3. The number of carbonyl (C=O) groups is 1. The molecule has 2 aliphatic rings. The van der Waals surface area contributed by atoms with Crippen molar-refractivity contribution in [1.82, 2.24) is 14.7 Å². The molecule has 2 heterocycles. The zero-order valence-corrected chi connectivity index (χ0v) is 17.3. The molecule has 28 heavy (non-hydrogen) atoms. The van der Waals surface area contributed by atoms with E-state index in [2.05, 4.69) is 39.0 Å². The second kappa shape index (κ2) is 11.2. The first kappa shape index (κ1) is 20.9. The molecule has 0 radical (unpaired) electrons. The number of ether oxygens (including phenoxy) is 1. The molecule has 2 fully saturated rings. The highest BCUT2D eigenvalue weighted by Gasteiger charge is 2.21. The number of hydrogen-bond donors (Lipinski definition) is 0. The van der Waals surface area contributed by atoms with E-state index in [1.54, 1.807) is 7.11 Å². The molecule has 0 aromatic heterocycles. The van der Waals surface area contributed by atoms with Crippen LogP contribution in [0.2, 0.25) is 0 Å². The van der Waals surface area contributed by atoms with Crippen molar-refractivity contribution in [3.8, 4) is 5.75 Å². The molecular weight excluding hydrogens is 350 g/mol. The molecular formula is C23H35N3O2. The van der Waals surface area contributed by atoms with E-state index < -0.39 is 0 Å². The van der Waals surface area contributed by atoms with Gasteiger partial charge in [-0.15, -0.1) is 0 Å². The molecule has 0 unspecified atom stereocenters. The van der Waals surface area contributed by atoms with Crippen LogP contribution in [0.5, 0.6) is 5.75 Å². The minimum absolute atomic E-state index is 0.317. The van der Waals surface area contributed by atoms with E-state index in [0.29, 0.717) is 12.5 Å². The van der Waals surface area contributed by atoms with Gasteiger partial charge in [-0.3, -0.25) is 14.6 Å². The maximum absolute atomic E-state index is 12.7. The van der Waals surface area contributed by atoms with Crippen LogP contribution in [0.15, 0.2) is 30.3 Å². The Bertz CT molecular complexity index is 621. The first-order valence-electron chi connectivity index (χ1n) is 10.8. The smallest absolute Gasteiger partial charge is 0.236 e. The van der Waals surface area contributed by atoms with E-state index >= 15 is 0 Å². The van der Waals surface area contributed by atoms with Crippen molar-refractivity contribution in [2.45, 2.75) is 32.1 Å². The quantitative estimate of drug-likeness (QED) is 0.754. The largest absolute Gasteiger partial charge is 0.497 e. The van der Waals surface area contributed by atoms with Gasteiger partial charge in [-0.25, -0.2) is 0 Å². The summed E-state index contributed by atoms with van der Waals surface area (Å²) < 4.78 is 5.20. The fourth-order valence-corrected chi connectivity index (χ4v) is 4.04. The molecule has 3 rings (SSSR count). The van der Waals surface area contributed by atoms with E-state index in [9.17, 15) is 4.79 Å². The number of likely N-dealkylation sites (tertiary alicyclic amines) is 1. The van der Waals surface area contributed by atoms with Gasteiger partial charge in [-0.05, 0) is 50.0 Å². The minimum Gasteiger partial charge on any atom is -0.497 e. The summed E-state index contributed by atoms with van der Waals surface area (Å²) in [4.78, 5) is 19.6. The van der Waals surface area contributed by atoms with E-state index in [1.807, 2.05) is 12.1 Å². The third kappa shape index (κ3) is 6.64.